The van der Waals surface area contributed by atoms with Gasteiger partial charge in [0.05, 0.1) is 19.0 Å². The lowest BCUT2D eigenvalue weighted by Gasteiger charge is -2.26. The van der Waals surface area contributed by atoms with Crippen LogP contribution in [-0.2, 0) is 9.53 Å². The molecule has 4 nitrogen and oxygen atoms in total. The Morgan fingerprint density at radius 2 is 1.68 bits per heavy atom. The van der Waals surface area contributed by atoms with Crippen LogP contribution in [0.2, 0.25) is 0 Å². The van der Waals surface area contributed by atoms with Gasteiger partial charge in [-0.3, -0.25) is 9.69 Å². The highest BCUT2D eigenvalue weighted by molar-refractivity contribution is 7.99. The molecule has 0 aromatic rings. The maximum Gasteiger partial charge on any atom is 0.232 e. The summed E-state index contributed by atoms with van der Waals surface area (Å²) in [4.78, 5) is 16.6. The van der Waals surface area contributed by atoms with Crippen molar-refractivity contribution >= 4 is 17.7 Å². The largest absolute Gasteiger partial charge is 0.379 e. The van der Waals surface area contributed by atoms with Crippen molar-refractivity contribution in [3.8, 4) is 0 Å². The molecule has 0 aromatic heterocycles. The smallest absolute Gasteiger partial charge is 0.232 e. The third-order valence-corrected chi connectivity index (χ3v) is 4.76. The van der Waals surface area contributed by atoms with Crippen LogP contribution < -0.4 is 0 Å². The molecule has 2 aliphatic rings. The van der Waals surface area contributed by atoms with E-state index in [9.17, 15) is 4.79 Å². The van der Waals surface area contributed by atoms with E-state index in [0.29, 0.717) is 11.7 Å². The maximum absolute atomic E-state index is 12.1. The molecular formula is C14H26N2O2S. The summed E-state index contributed by atoms with van der Waals surface area (Å²) in [6, 6.07) is 0. The number of hydrogen-bond acceptors (Lipinski definition) is 4. The van der Waals surface area contributed by atoms with Gasteiger partial charge in [0, 0.05) is 38.5 Å². The van der Waals surface area contributed by atoms with E-state index in [0.717, 1.165) is 51.7 Å². The Kier molecular flexibility index (Phi) is 7.03. The van der Waals surface area contributed by atoms with Gasteiger partial charge in [-0.05, 0) is 12.8 Å². The molecule has 1 amide bonds. The Labute approximate surface area is 120 Å². The molecule has 0 saturated carbocycles. The molecule has 2 heterocycles. The number of rotatable bonds is 5. The minimum absolute atomic E-state index is 0.342. The van der Waals surface area contributed by atoms with E-state index in [2.05, 4.69) is 9.80 Å². The van der Waals surface area contributed by atoms with Gasteiger partial charge >= 0.3 is 0 Å². The second kappa shape index (κ2) is 8.82. The minimum Gasteiger partial charge on any atom is -0.379 e. The van der Waals surface area contributed by atoms with Crippen LogP contribution in [0.1, 0.15) is 25.7 Å². The lowest BCUT2D eigenvalue weighted by Crippen LogP contribution is -2.38. The molecule has 2 saturated heterocycles. The number of ether oxygens (including phenoxy) is 1. The van der Waals surface area contributed by atoms with Gasteiger partial charge in [0.2, 0.25) is 5.91 Å². The normalized spacial score (nSPS) is 22.2. The fraction of sp³-hybridized carbons (Fsp3) is 0.929. The average molecular weight is 286 g/mol. The van der Waals surface area contributed by atoms with Gasteiger partial charge < -0.3 is 9.64 Å². The van der Waals surface area contributed by atoms with Crippen LogP contribution in [0.15, 0.2) is 0 Å². The number of carbonyl (C=O) groups excluding carboxylic acids is 1. The summed E-state index contributed by atoms with van der Waals surface area (Å²) in [6.07, 6.45) is 4.94. The van der Waals surface area contributed by atoms with E-state index in [1.54, 1.807) is 11.8 Å². The van der Waals surface area contributed by atoms with Crippen LogP contribution in [0.5, 0.6) is 0 Å². The summed E-state index contributed by atoms with van der Waals surface area (Å²) in [6.45, 7) is 6.84. The third kappa shape index (κ3) is 5.71. The first-order chi connectivity index (χ1) is 9.36. The third-order valence-electron chi connectivity index (χ3n) is 3.84. The number of likely N-dealkylation sites (tertiary alicyclic amines) is 1. The van der Waals surface area contributed by atoms with Crippen molar-refractivity contribution in [3.05, 3.63) is 0 Å². The number of amides is 1. The van der Waals surface area contributed by atoms with Gasteiger partial charge in [0.1, 0.15) is 0 Å². The van der Waals surface area contributed by atoms with Crippen molar-refractivity contribution < 1.29 is 9.53 Å². The highest BCUT2D eigenvalue weighted by Gasteiger charge is 2.15. The molecule has 2 rings (SSSR count). The summed E-state index contributed by atoms with van der Waals surface area (Å²) in [5, 5.41) is 0. The zero-order chi connectivity index (χ0) is 13.3. The van der Waals surface area contributed by atoms with E-state index < -0.39 is 0 Å². The second-order valence-electron chi connectivity index (χ2n) is 5.30. The van der Waals surface area contributed by atoms with Crippen molar-refractivity contribution in [3.63, 3.8) is 0 Å². The Bertz CT molecular complexity index is 262. The summed E-state index contributed by atoms with van der Waals surface area (Å²) in [5.41, 5.74) is 0. The van der Waals surface area contributed by atoms with Crippen LogP contribution in [-0.4, -0.2) is 73.2 Å². The van der Waals surface area contributed by atoms with Gasteiger partial charge in [0.25, 0.3) is 0 Å². The SMILES string of the molecule is O=C(CSCCN1CCOCC1)N1CCCCCC1. The van der Waals surface area contributed by atoms with Gasteiger partial charge in [0.15, 0.2) is 0 Å². The Morgan fingerprint density at radius 3 is 2.37 bits per heavy atom. The van der Waals surface area contributed by atoms with Gasteiger partial charge in [-0.25, -0.2) is 0 Å². The van der Waals surface area contributed by atoms with Crippen molar-refractivity contribution in [2.24, 2.45) is 0 Å². The summed E-state index contributed by atoms with van der Waals surface area (Å²) in [5.74, 6) is 2.05. The number of carbonyl (C=O) groups is 1. The molecule has 0 bridgehead atoms. The number of hydrogen-bond donors (Lipinski definition) is 0. The van der Waals surface area contributed by atoms with Crippen molar-refractivity contribution in [1.29, 1.82) is 0 Å². The van der Waals surface area contributed by atoms with Crippen LogP contribution in [0, 0.1) is 0 Å². The molecule has 0 radical (unpaired) electrons. The Morgan fingerprint density at radius 1 is 1.00 bits per heavy atom. The topological polar surface area (TPSA) is 32.8 Å². The van der Waals surface area contributed by atoms with Crippen molar-refractivity contribution in [2.45, 2.75) is 25.7 Å². The molecule has 0 atom stereocenters. The number of morpholine rings is 1. The highest BCUT2D eigenvalue weighted by Crippen LogP contribution is 2.12. The Hall–Kier alpha value is -0.260. The molecule has 110 valence electrons. The molecule has 5 heteroatoms. The van der Waals surface area contributed by atoms with Gasteiger partial charge in [-0.2, -0.15) is 11.8 Å². The lowest BCUT2D eigenvalue weighted by atomic mass is 10.2. The van der Waals surface area contributed by atoms with Crippen LogP contribution in [0.25, 0.3) is 0 Å². The molecule has 0 spiro atoms. The van der Waals surface area contributed by atoms with Crippen molar-refractivity contribution in [2.75, 3.05) is 57.4 Å². The van der Waals surface area contributed by atoms with Crippen LogP contribution in [0.4, 0.5) is 0 Å². The summed E-state index contributed by atoms with van der Waals surface area (Å²) in [7, 11) is 0. The minimum atomic E-state index is 0.342. The first-order valence-corrected chi connectivity index (χ1v) is 8.67. The number of thioether (sulfide) groups is 1. The molecule has 0 aliphatic carbocycles. The molecule has 0 unspecified atom stereocenters. The predicted octanol–water partition coefficient (Wildman–Crippen LogP) is 1.45. The van der Waals surface area contributed by atoms with E-state index in [4.69, 9.17) is 4.74 Å². The lowest BCUT2D eigenvalue weighted by molar-refractivity contribution is -0.128. The molecule has 19 heavy (non-hydrogen) atoms. The average Bonchev–Trinajstić information content (AvgIpc) is 2.73. The first kappa shape index (κ1) is 15.1. The zero-order valence-corrected chi connectivity index (χ0v) is 12.6. The first-order valence-electron chi connectivity index (χ1n) is 7.52. The highest BCUT2D eigenvalue weighted by atomic mass is 32.2. The fourth-order valence-corrected chi connectivity index (χ4v) is 3.48. The molecule has 2 aliphatic heterocycles. The van der Waals surface area contributed by atoms with E-state index >= 15 is 0 Å². The van der Waals surface area contributed by atoms with Gasteiger partial charge in [-0.15, -0.1) is 0 Å². The fourth-order valence-electron chi connectivity index (χ4n) is 2.59. The van der Waals surface area contributed by atoms with Crippen molar-refractivity contribution in [1.82, 2.24) is 9.80 Å². The molecule has 0 N–H and O–H groups in total. The van der Waals surface area contributed by atoms with Crippen LogP contribution >= 0.6 is 11.8 Å². The summed E-state index contributed by atoms with van der Waals surface area (Å²) >= 11 is 1.78. The Balaban J connectivity index is 1.55. The molecule has 2 fully saturated rings. The zero-order valence-electron chi connectivity index (χ0n) is 11.8. The molecular weight excluding hydrogens is 260 g/mol. The standard InChI is InChI=1S/C14H26N2O2S/c17-14(16-5-3-1-2-4-6-16)13-19-12-9-15-7-10-18-11-8-15/h1-13H2. The van der Waals surface area contributed by atoms with E-state index in [-0.39, 0.29) is 0 Å². The quantitative estimate of drug-likeness (QED) is 0.716. The molecule has 0 aromatic carbocycles. The van der Waals surface area contributed by atoms with Gasteiger partial charge in [-0.1, -0.05) is 12.8 Å². The maximum atomic E-state index is 12.1. The van der Waals surface area contributed by atoms with Crippen LogP contribution in [0.3, 0.4) is 0 Å². The predicted molar refractivity (Wildman–Crippen MR) is 79.6 cm³/mol. The monoisotopic (exact) mass is 286 g/mol. The van der Waals surface area contributed by atoms with E-state index in [1.807, 2.05) is 0 Å². The second-order valence-corrected chi connectivity index (χ2v) is 6.41. The van der Waals surface area contributed by atoms with E-state index in [1.165, 1.54) is 25.7 Å². The number of nitrogens with zero attached hydrogens (tertiary/aromatic N) is 2. The summed E-state index contributed by atoms with van der Waals surface area (Å²) < 4.78 is 5.33.